The second-order valence-corrected chi connectivity index (χ2v) is 11.9. The number of carbonyl (C=O) groups excluding carboxylic acids is 3. The molecule has 2 saturated heterocycles. The fourth-order valence-corrected chi connectivity index (χ4v) is 5.96. The molecule has 2 aromatic rings. The number of nitrogens with one attached hydrogen (secondary N) is 1. The lowest BCUT2D eigenvalue weighted by Crippen LogP contribution is -2.50. The van der Waals surface area contributed by atoms with Gasteiger partial charge in [0.15, 0.2) is 6.10 Å². The predicted molar refractivity (Wildman–Crippen MR) is 168 cm³/mol. The van der Waals surface area contributed by atoms with Crippen molar-refractivity contribution in [3.05, 3.63) is 58.6 Å². The van der Waals surface area contributed by atoms with Crippen LogP contribution in [0, 0.1) is 0 Å². The van der Waals surface area contributed by atoms with Gasteiger partial charge in [0.05, 0.1) is 22.8 Å². The molecular formula is C32H37ClN6O5. The molecule has 5 rings (SSSR count). The molecule has 232 valence electrons. The molecule has 2 aromatic carbocycles. The first-order valence-electron chi connectivity index (χ1n) is 15.0. The van der Waals surface area contributed by atoms with E-state index in [1.807, 2.05) is 29.2 Å². The van der Waals surface area contributed by atoms with Crippen molar-refractivity contribution in [3.8, 4) is 5.75 Å². The summed E-state index contributed by atoms with van der Waals surface area (Å²) in [6, 6.07) is 12.3. The highest BCUT2D eigenvalue weighted by atomic mass is 35.5. The molecule has 2 N–H and O–H groups in total. The SMILES string of the molecule is CN1CCC(N=C=C=NC(=O)[C@@H](Cc2ccc(O)c(Cl)c2)OC(=O)N2CCC(N3CCc4ccccc4NC3=O)CC2)CC1. The number of para-hydroxylation sites is 1. The van der Waals surface area contributed by atoms with Crippen molar-refractivity contribution in [2.45, 2.75) is 56.7 Å². The largest absolute Gasteiger partial charge is 0.506 e. The molecule has 0 bridgehead atoms. The van der Waals surface area contributed by atoms with Crippen molar-refractivity contribution in [1.29, 1.82) is 0 Å². The van der Waals surface area contributed by atoms with Crippen LogP contribution < -0.4 is 5.32 Å². The van der Waals surface area contributed by atoms with Crippen molar-refractivity contribution in [2.24, 2.45) is 9.98 Å². The zero-order valence-corrected chi connectivity index (χ0v) is 25.5. The van der Waals surface area contributed by atoms with Gasteiger partial charge in [-0.3, -0.25) is 4.79 Å². The van der Waals surface area contributed by atoms with Gasteiger partial charge in [-0.25, -0.2) is 14.6 Å². The van der Waals surface area contributed by atoms with Gasteiger partial charge in [0.1, 0.15) is 5.75 Å². The fourth-order valence-electron chi connectivity index (χ4n) is 5.76. The average Bonchev–Trinajstić information content (AvgIpc) is 3.19. The number of benzene rings is 2. The normalized spacial score (nSPS) is 18.6. The Balaban J connectivity index is 1.21. The molecule has 3 aliphatic rings. The summed E-state index contributed by atoms with van der Waals surface area (Å²) < 4.78 is 5.69. The Hall–Kier alpha value is -4.14. The number of ether oxygens (including phenoxy) is 1. The van der Waals surface area contributed by atoms with E-state index in [2.05, 4.69) is 39.0 Å². The number of hydrogen-bond acceptors (Lipinski definition) is 7. The third-order valence-corrected chi connectivity index (χ3v) is 8.71. The molecule has 0 unspecified atom stereocenters. The number of phenolic OH excluding ortho intramolecular Hbond substituents is 1. The highest BCUT2D eigenvalue weighted by Crippen LogP contribution is 2.26. The van der Waals surface area contributed by atoms with Crippen LogP contribution in [0.25, 0.3) is 0 Å². The molecule has 2 fully saturated rings. The number of rotatable bonds is 6. The van der Waals surface area contributed by atoms with Crippen molar-refractivity contribution in [1.82, 2.24) is 14.7 Å². The molecule has 0 radical (unpaired) electrons. The molecular weight excluding hydrogens is 584 g/mol. The number of aromatic hydroxyl groups is 1. The monoisotopic (exact) mass is 620 g/mol. The van der Waals surface area contributed by atoms with Crippen molar-refractivity contribution in [2.75, 3.05) is 45.1 Å². The van der Waals surface area contributed by atoms with Crippen LogP contribution in [0.1, 0.15) is 36.8 Å². The first-order valence-corrected chi connectivity index (χ1v) is 15.4. The first-order chi connectivity index (χ1) is 21.3. The number of urea groups is 1. The Labute approximate surface area is 261 Å². The summed E-state index contributed by atoms with van der Waals surface area (Å²) in [5.74, 6) is 4.31. The number of halogens is 1. The number of nitrogens with zero attached hydrogens (tertiary/aromatic N) is 5. The number of aliphatic imine (C=N–C) groups is 2. The zero-order valence-electron chi connectivity index (χ0n) is 24.7. The summed E-state index contributed by atoms with van der Waals surface area (Å²) in [5, 5.41) is 12.9. The van der Waals surface area contributed by atoms with Crippen LogP contribution in [0.4, 0.5) is 15.3 Å². The Kier molecular flexibility index (Phi) is 10.4. The molecule has 1 atom stereocenters. The number of likely N-dealkylation sites (tertiary alicyclic amines) is 2. The predicted octanol–water partition coefficient (Wildman–Crippen LogP) is 4.16. The lowest BCUT2D eigenvalue weighted by Gasteiger charge is -2.37. The maximum absolute atomic E-state index is 13.2. The van der Waals surface area contributed by atoms with E-state index in [0.29, 0.717) is 38.0 Å². The number of fused-ring (bicyclic) bond motifs is 1. The minimum Gasteiger partial charge on any atom is -0.506 e. The van der Waals surface area contributed by atoms with E-state index >= 15 is 0 Å². The minimum absolute atomic E-state index is 0.00678. The molecule has 0 aromatic heterocycles. The van der Waals surface area contributed by atoms with Crippen LogP contribution in [0.3, 0.4) is 0 Å². The summed E-state index contributed by atoms with van der Waals surface area (Å²) >= 11 is 6.07. The minimum atomic E-state index is -1.24. The van der Waals surface area contributed by atoms with E-state index in [0.717, 1.165) is 43.6 Å². The summed E-state index contributed by atoms with van der Waals surface area (Å²) in [4.78, 5) is 53.1. The molecule has 0 aliphatic carbocycles. The van der Waals surface area contributed by atoms with Gasteiger partial charge in [-0.15, -0.1) is 0 Å². The van der Waals surface area contributed by atoms with Crippen LogP contribution in [0.5, 0.6) is 5.75 Å². The van der Waals surface area contributed by atoms with Gasteiger partial charge in [-0.1, -0.05) is 35.9 Å². The van der Waals surface area contributed by atoms with Crippen LogP contribution in [0.15, 0.2) is 52.4 Å². The maximum Gasteiger partial charge on any atom is 0.410 e. The van der Waals surface area contributed by atoms with E-state index in [-0.39, 0.29) is 35.3 Å². The third kappa shape index (κ3) is 8.07. The van der Waals surface area contributed by atoms with Crippen LogP contribution in [0.2, 0.25) is 5.02 Å². The molecule has 11 nitrogen and oxygen atoms in total. The smallest absolute Gasteiger partial charge is 0.410 e. The average molecular weight is 621 g/mol. The molecule has 12 heteroatoms. The molecule has 3 heterocycles. The Bertz CT molecular complexity index is 1470. The zero-order chi connectivity index (χ0) is 31.1. The van der Waals surface area contributed by atoms with E-state index in [1.54, 1.807) is 11.0 Å². The van der Waals surface area contributed by atoms with Crippen LogP contribution in [-0.2, 0) is 22.4 Å². The van der Waals surface area contributed by atoms with Gasteiger partial charge >= 0.3 is 12.1 Å². The van der Waals surface area contributed by atoms with E-state index in [9.17, 15) is 19.5 Å². The van der Waals surface area contributed by atoms with Crippen LogP contribution in [-0.4, -0.2) is 108 Å². The lowest BCUT2D eigenvalue weighted by atomic mass is 10.0. The van der Waals surface area contributed by atoms with Gasteiger partial charge in [0.2, 0.25) is 0 Å². The molecule has 44 heavy (non-hydrogen) atoms. The number of anilines is 1. The van der Waals surface area contributed by atoms with Gasteiger partial charge in [0.25, 0.3) is 5.91 Å². The summed E-state index contributed by atoms with van der Waals surface area (Å²) in [7, 11) is 2.06. The summed E-state index contributed by atoms with van der Waals surface area (Å²) in [5.41, 5.74) is 2.52. The van der Waals surface area contributed by atoms with E-state index in [1.165, 1.54) is 12.1 Å². The third-order valence-electron chi connectivity index (χ3n) is 8.41. The molecule has 3 aliphatic heterocycles. The van der Waals surface area contributed by atoms with Crippen LogP contribution >= 0.6 is 11.6 Å². The first kappa shape index (κ1) is 31.3. The Morgan fingerprint density at radius 3 is 2.57 bits per heavy atom. The van der Waals surface area contributed by atoms with Crippen molar-refractivity contribution in [3.63, 3.8) is 0 Å². The summed E-state index contributed by atoms with van der Waals surface area (Å²) in [6.45, 7) is 3.22. The molecule has 4 amide bonds. The number of hydrogen-bond donors (Lipinski definition) is 2. The molecule has 0 spiro atoms. The lowest BCUT2D eigenvalue weighted by molar-refractivity contribution is -0.126. The van der Waals surface area contributed by atoms with E-state index in [4.69, 9.17) is 16.3 Å². The number of piperidine rings is 2. The quantitative estimate of drug-likeness (QED) is 0.467. The second-order valence-electron chi connectivity index (χ2n) is 11.4. The number of carbonyl (C=O) groups is 3. The van der Waals surface area contributed by atoms with Crippen molar-refractivity contribution >= 4 is 47.1 Å². The summed E-state index contributed by atoms with van der Waals surface area (Å²) in [6.07, 6.45) is 1.83. The highest BCUT2D eigenvalue weighted by molar-refractivity contribution is 6.32. The Morgan fingerprint density at radius 2 is 1.82 bits per heavy atom. The number of amides is 4. The topological polar surface area (TPSA) is 127 Å². The van der Waals surface area contributed by atoms with Gasteiger partial charge in [-0.2, -0.15) is 4.99 Å². The molecule has 0 saturated carbocycles. The standard InChI is InChI=1S/C32H37ClN6O5/c1-37-15-9-24(10-16-37)34-13-14-35-30(41)29(21-22-6-7-28(40)26(33)20-22)44-32(43)38-17-11-25(12-18-38)39-19-8-23-4-2-3-5-27(23)36-31(39)42/h2-7,20,24-25,29,40H,8-12,15-19,21H2,1H3,(H,36,42)/t29-/m1/s1. The van der Waals surface area contributed by atoms with Crippen molar-refractivity contribution < 1.29 is 24.2 Å². The fraction of sp³-hybridized carbons (Fsp3) is 0.469. The Morgan fingerprint density at radius 1 is 1.07 bits per heavy atom. The highest BCUT2D eigenvalue weighted by Gasteiger charge is 2.33. The maximum atomic E-state index is 13.2. The van der Waals surface area contributed by atoms with Gasteiger partial charge in [0, 0.05) is 37.8 Å². The van der Waals surface area contributed by atoms with Gasteiger partial charge in [-0.05, 0) is 81.6 Å². The number of phenols is 1. The van der Waals surface area contributed by atoms with E-state index < -0.39 is 18.1 Å². The van der Waals surface area contributed by atoms with Gasteiger partial charge < -0.3 is 29.9 Å². The second kappa shape index (κ2) is 14.6.